The molecule has 110 valence electrons. The van der Waals surface area contributed by atoms with E-state index >= 15 is 0 Å². The van der Waals surface area contributed by atoms with Crippen molar-refractivity contribution in [3.05, 3.63) is 16.4 Å². The van der Waals surface area contributed by atoms with Crippen LogP contribution in [-0.2, 0) is 13.0 Å². The van der Waals surface area contributed by atoms with Crippen LogP contribution in [-0.4, -0.2) is 28.0 Å². The van der Waals surface area contributed by atoms with Crippen LogP contribution in [0.15, 0.2) is 0 Å². The Bertz CT molecular complexity index is 411. The largest absolute Gasteiger partial charge is 0.396 e. The molecule has 0 aliphatic heterocycles. The van der Waals surface area contributed by atoms with E-state index < -0.39 is 0 Å². The fourth-order valence-corrected chi connectivity index (χ4v) is 2.87. The summed E-state index contributed by atoms with van der Waals surface area (Å²) in [4.78, 5) is 0. The van der Waals surface area contributed by atoms with Crippen LogP contribution in [0.2, 0.25) is 5.02 Å². The van der Waals surface area contributed by atoms with Crippen LogP contribution in [0.5, 0.6) is 0 Å². The van der Waals surface area contributed by atoms with Gasteiger partial charge in [-0.2, -0.15) is 5.10 Å². The van der Waals surface area contributed by atoms with E-state index in [1.54, 1.807) is 0 Å². The first-order chi connectivity index (χ1) is 8.89. The zero-order valence-corrected chi connectivity index (χ0v) is 13.2. The van der Waals surface area contributed by atoms with Crippen molar-refractivity contribution in [3.63, 3.8) is 0 Å². The molecule has 4 nitrogen and oxygen atoms in total. The minimum absolute atomic E-state index is 0.0753. The Morgan fingerprint density at radius 3 is 2.53 bits per heavy atom. The lowest BCUT2D eigenvalue weighted by Gasteiger charge is -2.32. The number of aromatic nitrogens is 2. The topological polar surface area (TPSA) is 64.1 Å². The van der Waals surface area contributed by atoms with Crippen molar-refractivity contribution in [1.82, 2.24) is 9.78 Å². The van der Waals surface area contributed by atoms with Crippen LogP contribution in [0.4, 0.5) is 0 Å². The second-order valence-electron chi connectivity index (χ2n) is 5.80. The highest BCUT2D eigenvalue weighted by atomic mass is 35.5. The molecule has 1 aromatic heterocycles. The maximum Gasteiger partial charge on any atom is 0.0847 e. The molecule has 0 spiro atoms. The molecule has 0 aliphatic carbocycles. The van der Waals surface area contributed by atoms with Gasteiger partial charge in [-0.25, -0.2) is 0 Å². The molecule has 1 unspecified atom stereocenters. The number of nitrogens with two attached hydrogens (primary N) is 1. The Morgan fingerprint density at radius 2 is 2.11 bits per heavy atom. The minimum atomic E-state index is -0.308. The predicted octanol–water partition coefficient (Wildman–Crippen LogP) is 2.39. The Morgan fingerprint density at radius 1 is 1.47 bits per heavy atom. The summed E-state index contributed by atoms with van der Waals surface area (Å²) in [6.07, 6.45) is 1.55. The number of hydrogen-bond donors (Lipinski definition) is 2. The SMILES string of the molecule is CCn1nc(C)c(Cl)c1CC(CN)(CO)CC(C)C. The molecule has 0 amide bonds. The predicted molar refractivity (Wildman–Crippen MR) is 79.4 cm³/mol. The molecule has 0 fully saturated rings. The smallest absolute Gasteiger partial charge is 0.0847 e. The normalized spacial score (nSPS) is 14.9. The van der Waals surface area contributed by atoms with Gasteiger partial charge < -0.3 is 10.8 Å². The molecule has 19 heavy (non-hydrogen) atoms. The molecule has 0 bridgehead atoms. The summed E-state index contributed by atoms with van der Waals surface area (Å²) in [5.41, 5.74) is 7.45. The number of aliphatic hydroxyl groups excluding tert-OH is 1. The van der Waals surface area contributed by atoms with Crippen molar-refractivity contribution >= 4 is 11.6 Å². The molecule has 1 heterocycles. The number of aryl methyl sites for hydroxylation is 2. The van der Waals surface area contributed by atoms with Crippen molar-refractivity contribution in [1.29, 1.82) is 0 Å². The van der Waals surface area contributed by atoms with Gasteiger partial charge in [0, 0.05) is 18.5 Å². The van der Waals surface area contributed by atoms with Gasteiger partial charge in [-0.3, -0.25) is 4.68 Å². The zero-order chi connectivity index (χ0) is 14.6. The van der Waals surface area contributed by atoms with Gasteiger partial charge in [-0.1, -0.05) is 25.4 Å². The quantitative estimate of drug-likeness (QED) is 0.809. The molecule has 3 N–H and O–H groups in total. The van der Waals surface area contributed by atoms with Gasteiger partial charge in [0.2, 0.25) is 0 Å². The second kappa shape index (κ2) is 6.73. The molecule has 0 radical (unpaired) electrons. The van der Waals surface area contributed by atoms with Crippen molar-refractivity contribution in [2.24, 2.45) is 17.1 Å². The summed E-state index contributed by atoms with van der Waals surface area (Å²) in [6.45, 7) is 9.53. The molecular formula is C14H26ClN3O. The average Bonchev–Trinajstić information content (AvgIpc) is 2.64. The first-order valence-electron chi connectivity index (χ1n) is 6.91. The first kappa shape index (κ1) is 16.5. The number of aliphatic hydroxyl groups is 1. The van der Waals surface area contributed by atoms with E-state index in [0.717, 1.165) is 24.4 Å². The lowest BCUT2D eigenvalue weighted by atomic mass is 9.77. The molecule has 0 aromatic carbocycles. The summed E-state index contributed by atoms with van der Waals surface area (Å²) in [5, 5.41) is 14.9. The fraction of sp³-hybridized carbons (Fsp3) is 0.786. The standard InChI is InChI=1S/C14H26ClN3O/c1-5-18-12(13(15)11(4)17-18)7-14(8-16,9-19)6-10(2)3/h10,19H,5-9,16H2,1-4H3. The molecule has 1 rings (SSSR count). The second-order valence-corrected chi connectivity index (χ2v) is 6.18. The molecular weight excluding hydrogens is 262 g/mol. The van der Waals surface area contributed by atoms with Crippen LogP contribution in [0.25, 0.3) is 0 Å². The van der Waals surface area contributed by atoms with Gasteiger partial charge in [0.25, 0.3) is 0 Å². The molecule has 1 atom stereocenters. The summed E-state index contributed by atoms with van der Waals surface area (Å²) >= 11 is 6.34. The van der Waals surface area contributed by atoms with Gasteiger partial charge in [0.05, 0.1) is 23.0 Å². The maximum absolute atomic E-state index is 9.80. The average molecular weight is 288 g/mol. The van der Waals surface area contributed by atoms with Crippen LogP contribution in [0, 0.1) is 18.3 Å². The highest BCUT2D eigenvalue weighted by Gasteiger charge is 2.32. The third-order valence-corrected chi connectivity index (χ3v) is 4.10. The van der Waals surface area contributed by atoms with Gasteiger partial charge in [0.15, 0.2) is 0 Å². The number of nitrogens with zero attached hydrogens (tertiary/aromatic N) is 2. The van der Waals surface area contributed by atoms with E-state index in [-0.39, 0.29) is 12.0 Å². The van der Waals surface area contributed by atoms with Crippen LogP contribution in [0.3, 0.4) is 0 Å². The highest BCUT2D eigenvalue weighted by molar-refractivity contribution is 6.31. The maximum atomic E-state index is 9.80. The summed E-state index contributed by atoms with van der Waals surface area (Å²) in [5.74, 6) is 0.480. The summed E-state index contributed by atoms with van der Waals surface area (Å²) < 4.78 is 1.91. The highest BCUT2D eigenvalue weighted by Crippen LogP contribution is 2.33. The lowest BCUT2D eigenvalue weighted by molar-refractivity contribution is 0.106. The van der Waals surface area contributed by atoms with Crippen molar-refractivity contribution in [2.45, 2.75) is 47.1 Å². The summed E-state index contributed by atoms with van der Waals surface area (Å²) in [7, 11) is 0. The van der Waals surface area contributed by atoms with Gasteiger partial charge in [-0.05, 0) is 32.6 Å². The van der Waals surface area contributed by atoms with Crippen molar-refractivity contribution < 1.29 is 5.11 Å². The number of rotatable bonds is 7. The fourth-order valence-electron chi connectivity index (χ4n) is 2.67. The van der Waals surface area contributed by atoms with E-state index in [0.29, 0.717) is 23.9 Å². The Labute approximate surface area is 120 Å². The first-order valence-corrected chi connectivity index (χ1v) is 7.29. The van der Waals surface area contributed by atoms with Crippen molar-refractivity contribution in [3.8, 4) is 0 Å². The third-order valence-electron chi connectivity index (χ3n) is 3.60. The summed E-state index contributed by atoms with van der Waals surface area (Å²) in [6, 6.07) is 0. The monoisotopic (exact) mass is 287 g/mol. The zero-order valence-electron chi connectivity index (χ0n) is 12.4. The molecule has 1 aromatic rings. The Hall–Kier alpha value is -0.580. The Kier molecular flexibility index (Phi) is 5.83. The van der Waals surface area contributed by atoms with E-state index in [9.17, 15) is 5.11 Å². The van der Waals surface area contributed by atoms with Crippen LogP contribution < -0.4 is 5.73 Å². The van der Waals surface area contributed by atoms with E-state index in [4.69, 9.17) is 17.3 Å². The molecule has 0 aliphatic rings. The van der Waals surface area contributed by atoms with Gasteiger partial charge >= 0.3 is 0 Å². The Balaban J connectivity index is 3.09. The van der Waals surface area contributed by atoms with Crippen LogP contribution in [0.1, 0.15) is 38.6 Å². The van der Waals surface area contributed by atoms with Gasteiger partial charge in [0.1, 0.15) is 0 Å². The molecule has 5 heteroatoms. The van der Waals surface area contributed by atoms with Crippen LogP contribution >= 0.6 is 11.6 Å². The van der Waals surface area contributed by atoms with Gasteiger partial charge in [-0.15, -0.1) is 0 Å². The molecule has 0 saturated carbocycles. The van der Waals surface area contributed by atoms with E-state index in [1.165, 1.54) is 0 Å². The third kappa shape index (κ3) is 3.71. The number of hydrogen-bond acceptors (Lipinski definition) is 3. The van der Waals surface area contributed by atoms with E-state index in [1.807, 2.05) is 18.5 Å². The molecule has 0 saturated heterocycles. The number of halogens is 1. The van der Waals surface area contributed by atoms with Crippen molar-refractivity contribution in [2.75, 3.05) is 13.2 Å². The lowest BCUT2D eigenvalue weighted by Crippen LogP contribution is -2.38. The minimum Gasteiger partial charge on any atom is -0.396 e. The van der Waals surface area contributed by atoms with E-state index in [2.05, 4.69) is 18.9 Å².